The van der Waals surface area contributed by atoms with Gasteiger partial charge in [-0.3, -0.25) is 4.79 Å². The molecule has 0 N–H and O–H groups in total. The fourth-order valence-electron chi connectivity index (χ4n) is 1.13. The van der Waals surface area contributed by atoms with Gasteiger partial charge in [0.25, 0.3) is 0 Å². The zero-order chi connectivity index (χ0) is 8.97. The van der Waals surface area contributed by atoms with Crippen molar-refractivity contribution in [2.45, 2.75) is 13.3 Å². The fourth-order valence-corrected chi connectivity index (χ4v) is 1.13. The lowest BCUT2D eigenvalue weighted by molar-refractivity contribution is -0.145. The molecule has 0 aromatic carbocycles. The molecule has 1 aliphatic rings. The molecule has 0 aliphatic heterocycles. The Morgan fingerprint density at radius 3 is 3.17 bits per heavy atom. The van der Waals surface area contributed by atoms with Gasteiger partial charge in [-0.2, -0.15) is 0 Å². The van der Waals surface area contributed by atoms with Crippen molar-refractivity contribution in [1.29, 1.82) is 0 Å². The lowest BCUT2D eigenvalue weighted by Crippen LogP contribution is -2.08. The first kappa shape index (κ1) is 8.87. The van der Waals surface area contributed by atoms with Crippen molar-refractivity contribution >= 4 is 5.97 Å². The molecule has 66 valence electrons. The smallest absolute Gasteiger partial charge is 0.309 e. The second-order valence-electron chi connectivity index (χ2n) is 2.77. The molecular formula is C7H11N3O2. The minimum atomic E-state index is -0.157. The van der Waals surface area contributed by atoms with E-state index in [1.165, 1.54) is 0 Å². The molecule has 2 atom stereocenters. The Labute approximate surface area is 70.3 Å². The molecule has 12 heavy (non-hydrogen) atoms. The van der Waals surface area contributed by atoms with Crippen LogP contribution in [-0.2, 0) is 9.53 Å². The Kier molecular flexibility index (Phi) is 2.94. The molecule has 1 aliphatic carbocycles. The van der Waals surface area contributed by atoms with E-state index < -0.39 is 0 Å². The summed E-state index contributed by atoms with van der Waals surface area (Å²) < 4.78 is 4.80. The van der Waals surface area contributed by atoms with Gasteiger partial charge in [-0.05, 0) is 24.8 Å². The first-order valence-electron chi connectivity index (χ1n) is 3.97. The van der Waals surface area contributed by atoms with Crippen LogP contribution in [0.25, 0.3) is 10.4 Å². The zero-order valence-corrected chi connectivity index (χ0v) is 6.93. The summed E-state index contributed by atoms with van der Waals surface area (Å²) in [6.45, 7) is 2.62. The van der Waals surface area contributed by atoms with Gasteiger partial charge in [0, 0.05) is 11.5 Å². The largest absolute Gasteiger partial charge is 0.466 e. The summed E-state index contributed by atoms with van der Waals surface area (Å²) in [5.74, 6) is 0.0473. The van der Waals surface area contributed by atoms with Crippen molar-refractivity contribution in [3.05, 3.63) is 10.4 Å². The number of esters is 1. The first-order valence-corrected chi connectivity index (χ1v) is 3.97. The topological polar surface area (TPSA) is 75.1 Å². The van der Waals surface area contributed by atoms with Gasteiger partial charge < -0.3 is 4.74 Å². The molecule has 5 nitrogen and oxygen atoms in total. The SMILES string of the molecule is CCOC(=O)C1CC1CN=[N+]=[N-]. The van der Waals surface area contributed by atoms with Crippen LogP contribution >= 0.6 is 0 Å². The Morgan fingerprint density at radius 2 is 2.58 bits per heavy atom. The number of carbonyl (C=O) groups is 1. The van der Waals surface area contributed by atoms with Gasteiger partial charge in [0.2, 0.25) is 0 Å². The maximum Gasteiger partial charge on any atom is 0.309 e. The van der Waals surface area contributed by atoms with Crippen LogP contribution in [0, 0.1) is 11.8 Å². The van der Waals surface area contributed by atoms with Gasteiger partial charge >= 0.3 is 5.97 Å². The maximum absolute atomic E-state index is 11.0. The maximum atomic E-state index is 11.0. The van der Waals surface area contributed by atoms with E-state index in [4.69, 9.17) is 10.3 Å². The summed E-state index contributed by atoms with van der Waals surface area (Å²) in [4.78, 5) is 13.7. The molecule has 0 heterocycles. The third-order valence-electron chi connectivity index (χ3n) is 1.89. The molecule has 0 aromatic heterocycles. The Balaban J connectivity index is 2.22. The fraction of sp³-hybridized carbons (Fsp3) is 0.857. The number of hydrogen-bond donors (Lipinski definition) is 0. The van der Waals surface area contributed by atoms with E-state index in [0.29, 0.717) is 13.2 Å². The van der Waals surface area contributed by atoms with Crippen molar-refractivity contribution < 1.29 is 9.53 Å². The van der Waals surface area contributed by atoms with Crippen molar-refractivity contribution in [1.82, 2.24) is 0 Å². The molecular weight excluding hydrogens is 158 g/mol. The number of carbonyl (C=O) groups excluding carboxylic acids is 1. The molecule has 0 amide bonds. The Bertz CT molecular complexity index is 223. The number of hydrogen-bond acceptors (Lipinski definition) is 3. The highest BCUT2D eigenvalue weighted by atomic mass is 16.5. The Hall–Kier alpha value is -1.22. The molecule has 5 heteroatoms. The van der Waals surface area contributed by atoms with Crippen LogP contribution in [0.1, 0.15) is 13.3 Å². The molecule has 0 aromatic rings. The summed E-state index contributed by atoms with van der Waals surface area (Å²) in [5.41, 5.74) is 8.01. The zero-order valence-electron chi connectivity index (χ0n) is 6.93. The van der Waals surface area contributed by atoms with Gasteiger partial charge in [0.1, 0.15) is 0 Å². The predicted octanol–water partition coefficient (Wildman–Crippen LogP) is 1.50. The monoisotopic (exact) mass is 169 g/mol. The van der Waals surface area contributed by atoms with Crippen LogP contribution in [0.15, 0.2) is 5.11 Å². The highest BCUT2D eigenvalue weighted by molar-refractivity contribution is 5.75. The van der Waals surface area contributed by atoms with E-state index in [-0.39, 0.29) is 17.8 Å². The molecule has 0 saturated heterocycles. The van der Waals surface area contributed by atoms with E-state index in [1.54, 1.807) is 6.92 Å². The van der Waals surface area contributed by atoms with Crippen LogP contribution < -0.4 is 0 Å². The van der Waals surface area contributed by atoms with Crippen LogP contribution in [0.4, 0.5) is 0 Å². The normalized spacial score (nSPS) is 25.8. The highest BCUT2D eigenvalue weighted by Gasteiger charge is 2.43. The van der Waals surface area contributed by atoms with Gasteiger partial charge in [-0.1, -0.05) is 5.11 Å². The summed E-state index contributed by atoms with van der Waals surface area (Å²) in [5, 5.41) is 3.40. The van der Waals surface area contributed by atoms with Crippen molar-refractivity contribution in [3.63, 3.8) is 0 Å². The van der Waals surface area contributed by atoms with Crippen molar-refractivity contribution in [2.75, 3.05) is 13.2 Å². The molecule has 1 saturated carbocycles. The van der Waals surface area contributed by atoms with Crippen LogP contribution in [0.5, 0.6) is 0 Å². The second kappa shape index (κ2) is 3.97. The minimum Gasteiger partial charge on any atom is -0.466 e. The van der Waals surface area contributed by atoms with Crippen LogP contribution in [-0.4, -0.2) is 19.1 Å². The van der Waals surface area contributed by atoms with Gasteiger partial charge in [0.05, 0.1) is 12.5 Å². The van der Waals surface area contributed by atoms with E-state index >= 15 is 0 Å². The van der Waals surface area contributed by atoms with Crippen LogP contribution in [0.2, 0.25) is 0 Å². The third-order valence-corrected chi connectivity index (χ3v) is 1.89. The quantitative estimate of drug-likeness (QED) is 0.277. The lowest BCUT2D eigenvalue weighted by atomic mass is 10.3. The summed E-state index contributed by atoms with van der Waals surface area (Å²) >= 11 is 0. The average Bonchev–Trinajstić information content (AvgIpc) is 2.80. The van der Waals surface area contributed by atoms with Gasteiger partial charge in [-0.25, -0.2) is 0 Å². The third kappa shape index (κ3) is 2.13. The summed E-state index contributed by atoms with van der Waals surface area (Å²) in [6.07, 6.45) is 0.803. The van der Waals surface area contributed by atoms with E-state index in [0.717, 1.165) is 6.42 Å². The van der Waals surface area contributed by atoms with Gasteiger partial charge in [-0.15, -0.1) is 0 Å². The van der Waals surface area contributed by atoms with E-state index in [2.05, 4.69) is 10.0 Å². The average molecular weight is 169 g/mol. The lowest BCUT2D eigenvalue weighted by Gasteiger charge is -1.98. The van der Waals surface area contributed by atoms with Crippen molar-refractivity contribution in [3.8, 4) is 0 Å². The summed E-state index contributed by atoms with van der Waals surface area (Å²) in [6, 6.07) is 0. The molecule has 0 radical (unpaired) electrons. The predicted molar refractivity (Wildman–Crippen MR) is 42.2 cm³/mol. The van der Waals surface area contributed by atoms with E-state index in [1.807, 2.05) is 0 Å². The molecule has 0 spiro atoms. The van der Waals surface area contributed by atoms with Crippen molar-refractivity contribution in [2.24, 2.45) is 17.0 Å². The van der Waals surface area contributed by atoms with E-state index in [9.17, 15) is 4.79 Å². The summed E-state index contributed by atoms with van der Waals surface area (Å²) in [7, 11) is 0. The molecule has 1 fully saturated rings. The van der Waals surface area contributed by atoms with Crippen LogP contribution in [0.3, 0.4) is 0 Å². The minimum absolute atomic E-state index is 0.0181. The number of ether oxygens (including phenoxy) is 1. The standard InChI is InChI=1S/C7H11N3O2/c1-2-12-7(11)6-3-5(6)4-9-10-8/h5-6H,2-4H2,1H3. The number of azide groups is 1. The number of nitrogens with zero attached hydrogens (tertiary/aromatic N) is 3. The first-order chi connectivity index (χ1) is 5.79. The molecule has 0 bridgehead atoms. The number of rotatable bonds is 4. The van der Waals surface area contributed by atoms with Gasteiger partial charge in [0.15, 0.2) is 0 Å². The molecule has 1 rings (SSSR count). The highest BCUT2D eigenvalue weighted by Crippen LogP contribution is 2.39. The Morgan fingerprint density at radius 1 is 1.83 bits per heavy atom. The molecule has 2 unspecified atom stereocenters. The second-order valence-corrected chi connectivity index (χ2v) is 2.77.